The second-order valence-corrected chi connectivity index (χ2v) is 8.38. The van der Waals surface area contributed by atoms with Gasteiger partial charge in [-0.1, -0.05) is 6.07 Å². The second-order valence-electron chi connectivity index (χ2n) is 6.52. The van der Waals surface area contributed by atoms with Gasteiger partial charge in [0.2, 0.25) is 15.9 Å². The minimum atomic E-state index is -3.94. The molecule has 9 heteroatoms. The normalized spacial score (nSPS) is 17.5. The maximum atomic E-state index is 13.4. The molecular weight excluding hydrogens is 390 g/mol. The molecule has 1 aliphatic heterocycles. The first-order valence-corrected chi connectivity index (χ1v) is 10.1. The Morgan fingerprint density at radius 2 is 1.93 bits per heavy atom. The summed E-state index contributed by atoms with van der Waals surface area (Å²) < 4.78 is 59.0. The third-order valence-corrected chi connectivity index (χ3v) is 6.73. The van der Waals surface area contributed by atoms with Crippen LogP contribution in [0.1, 0.15) is 18.4 Å². The van der Waals surface area contributed by atoms with E-state index < -0.39 is 33.6 Å². The summed E-state index contributed by atoms with van der Waals surface area (Å²) in [5.41, 5.74) is 0.596. The number of benzene rings is 2. The highest BCUT2D eigenvalue weighted by molar-refractivity contribution is 7.89. The lowest BCUT2D eigenvalue weighted by Gasteiger charge is -2.24. The molecule has 1 fully saturated rings. The quantitative estimate of drug-likeness (QED) is 0.822. The fraction of sp³-hybridized carbons (Fsp3) is 0.316. The minimum absolute atomic E-state index is 0.0608. The fourth-order valence-corrected chi connectivity index (χ4v) is 5.10. The Morgan fingerprint density at radius 1 is 1.18 bits per heavy atom. The lowest BCUT2D eigenvalue weighted by Crippen LogP contribution is -2.43. The van der Waals surface area contributed by atoms with Crippen molar-refractivity contribution >= 4 is 21.6 Å². The smallest absolute Gasteiger partial charge is 0.244 e. The number of sulfonamides is 1. The maximum Gasteiger partial charge on any atom is 0.244 e. The highest BCUT2D eigenvalue weighted by Gasteiger charge is 2.40. The van der Waals surface area contributed by atoms with E-state index in [0.717, 1.165) is 16.4 Å². The Kier molecular flexibility index (Phi) is 5.66. The van der Waals surface area contributed by atoms with Gasteiger partial charge in [-0.05, 0) is 43.5 Å². The van der Waals surface area contributed by atoms with Crippen molar-refractivity contribution in [2.45, 2.75) is 30.7 Å². The van der Waals surface area contributed by atoms with Gasteiger partial charge in [0.15, 0.2) is 11.6 Å². The molecule has 0 unspecified atom stereocenters. The molecule has 3 rings (SSSR count). The van der Waals surface area contributed by atoms with Gasteiger partial charge in [0.05, 0.1) is 12.0 Å². The summed E-state index contributed by atoms with van der Waals surface area (Å²) in [6.07, 6.45) is 0.843. The molecule has 0 radical (unpaired) electrons. The largest absolute Gasteiger partial charge is 0.497 e. The predicted octanol–water partition coefficient (Wildman–Crippen LogP) is 3.07. The molecule has 0 spiro atoms. The molecule has 150 valence electrons. The Morgan fingerprint density at radius 3 is 2.61 bits per heavy atom. The predicted molar refractivity (Wildman–Crippen MR) is 99.6 cm³/mol. The fourth-order valence-electron chi connectivity index (χ4n) is 3.20. The first kappa shape index (κ1) is 20.2. The summed E-state index contributed by atoms with van der Waals surface area (Å²) in [7, 11) is -2.51. The molecule has 1 amide bonds. The SMILES string of the molecule is COc1ccc(C)c(S(=O)(=O)N2CCC[C@@H]2C(=O)Nc2ccc(F)c(F)c2)c1. The van der Waals surface area contributed by atoms with Crippen LogP contribution in [-0.4, -0.2) is 38.3 Å². The molecule has 0 bridgehead atoms. The van der Waals surface area contributed by atoms with Crippen LogP contribution >= 0.6 is 0 Å². The third-order valence-electron chi connectivity index (χ3n) is 4.68. The number of hydrogen-bond donors (Lipinski definition) is 1. The van der Waals surface area contributed by atoms with Crippen molar-refractivity contribution in [3.8, 4) is 5.75 Å². The number of rotatable bonds is 5. The van der Waals surface area contributed by atoms with Crippen molar-refractivity contribution in [1.29, 1.82) is 0 Å². The van der Waals surface area contributed by atoms with Crippen LogP contribution in [0.4, 0.5) is 14.5 Å². The van der Waals surface area contributed by atoms with E-state index in [1.54, 1.807) is 19.1 Å². The summed E-state index contributed by atoms with van der Waals surface area (Å²) in [6.45, 7) is 1.85. The van der Waals surface area contributed by atoms with E-state index in [4.69, 9.17) is 4.74 Å². The van der Waals surface area contributed by atoms with E-state index in [1.165, 1.54) is 19.2 Å². The monoisotopic (exact) mass is 410 g/mol. The first-order valence-electron chi connectivity index (χ1n) is 8.66. The van der Waals surface area contributed by atoms with Crippen LogP contribution in [0.25, 0.3) is 0 Å². The summed E-state index contributed by atoms with van der Waals surface area (Å²) in [4.78, 5) is 12.7. The van der Waals surface area contributed by atoms with Gasteiger partial charge in [0.1, 0.15) is 11.8 Å². The molecule has 2 aromatic carbocycles. The molecule has 28 heavy (non-hydrogen) atoms. The van der Waals surface area contributed by atoms with Crippen molar-refractivity contribution in [2.75, 3.05) is 19.0 Å². The van der Waals surface area contributed by atoms with Gasteiger partial charge in [0, 0.05) is 24.4 Å². The van der Waals surface area contributed by atoms with E-state index >= 15 is 0 Å². The molecule has 2 aromatic rings. The number of aryl methyl sites for hydroxylation is 1. The molecule has 1 N–H and O–H groups in total. The molecule has 6 nitrogen and oxygen atoms in total. The second kappa shape index (κ2) is 7.84. The lowest BCUT2D eigenvalue weighted by atomic mass is 10.2. The van der Waals surface area contributed by atoms with Gasteiger partial charge in [-0.25, -0.2) is 17.2 Å². The zero-order valence-electron chi connectivity index (χ0n) is 15.4. The Bertz CT molecular complexity index is 1010. The number of hydrogen-bond acceptors (Lipinski definition) is 4. The van der Waals surface area contributed by atoms with Crippen molar-refractivity contribution < 1.29 is 26.7 Å². The zero-order valence-corrected chi connectivity index (χ0v) is 16.2. The van der Waals surface area contributed by atoms with Gasteiger partial charge >= 0.3 is 0 Å². The standard InChI is InChI=1S/C19H20F2N2O4S/c1-12-5-7-14(27-2)11-18(12)28(25,26)23-9-3-4-17(23)19(24)22-13-6-8-15(20)16(21)10-13/h5-8,10-11,17H,3-4,9H2,1-2H3,(H,22,24)/t17-/m1/s1. The number of nitrogens with zero attached hydrogens (tertiary/aromatic N) is 1. The van der Waals surface area contributed by atoms with E-state index in [-0.39, 0.29) is 17.1 Å². The molecule has 0 aliphatic carbocycles. The Labute approximate surface area is 162 Å². The highest BCUT2D eigenvalue weighted by Crippen LogP contribution is 2.30. The van der Waals surface area contributed by atoms with Gasteiger partial charge in [-0.2, -0.15) is 4.31 Å². The Hall–Kier alpha value is -2.52. The van der Waals surface area contributed by atoms with E-state index in [1.807, 2.05) is 0 Å². The number of carbonyl (C=O) groups is 1. The average molecular weight is 410 g/mol. The highest BCUT2D eigenvalue weighted by atomic mass is 32.2. The van der Waals surface area contributed by atoms with Crippen molar-refractivity contribution in [3.05, 3.63) is 53.6 Å². The minimum Gasteiger partial charge on any atom is -0.497 e. The van der Waals surface area contributed by atoms with Gasteiger partial charge in [0.25, 0.3) is 0 Å². The Balaban J connectivity index is 1.87. The van der Waals surface area contributed by atoms with Crippen LogP contribution < -0.4 is 10.1 Å². The topological polar surface area (TPSA) is 75.7 Å². The van der Waals surface area contributed by atoms with Crippen molar-refractivity contribution in [1.82, 2.24) is 4.31 Å². The van der Waals surface area contributed by atoms with Gasteiger partial charge in [-0.15, -0.1) is 0 Å². The number of ether oxygens (including phenoxy) is 1. The number of anilines is 1. The molecule has 1 aliphatic rings. The van der Waals surface area contributed by atoms with Crippen LogP contribution in [0, 0.1) is 18.6 Å². The van der Waals surface area contributed by atoms with Gasteiger partial charge < -0.3 is 10.1 Å². The third kappa shape index (κ3) is 3.85. The van der Waals surface area contributed by atoms with Gasteiger partial charge in [-0.3, -0.25) is 4.79 Å². The van der Waals surface area contributed by atoms with Crippen LogP contribution in [0.5, 0.6) is 5.75 Å². The van der Waals surface area contributed by atoms with Crippen molar-refractivity contribution in [3.63, 3.8) is 0 Å². The van der Waals surface area contributed by atoms with E-state index in [0.29, 0.717) is 24.2 Å². The number of methoxy groups -OCH3 is 1. The van der Waals surface area contributed by atoms with Crippen LogP contribution in [-0.2, 0) is 14.8 Å². The number of amides is 1. The molecule has 1 heterocycles. The number of carbonyl (C=O) groups excluding carboxylic acids is 1. The zero-order chi connectivity index (χ0) is 20.5. The van der Waals surface area contributed by atoms with Crippen LogP contribution in [0.15, 0.2) is 41.3 Å². The summed E-state index contributed by atoms with van der Waals surface area (Å²) in [6, 6.07) is 6.75. The molecule has 1 atom stereocenters. The number of halogens is 2. The molecular formula is C19H20F2N2O4S. The van der Waals surface area contributed by atoms with Crippen LogP contribution in [0.2, 0.25) is 0 Å². The molecule has 0 aromatic heterocycles. The molecule has 1 saturated heterocycles. The lowest BCUT2D eigenvalue weighted by molar-refractivity contribution is -0.119. The first-order chi connectivity index (χ1) is 13.2. The number of nitrogens with one attached hydrogen (secondary N) is 1. The van der Waals surface area contributed by atoms with E-state index in [9.17, 15) is 22.0 Å². The summed E-state index contributed by atoms with van der Waals surface area (Å²) >= 11 is 0. The summed E-state index contributed by atoms with van der Waals surface area (Å²) in [5, 5.41) is 2.47. The summed E-state index contributed by atoms with van der Waals surface area (Å²) in [5.74, 6) is -2.32. The maximum absolute atomic E-state index is 13.4. The van der Waals surface area contributed by atoms with Crippen molar-refractivity contribution in [2.24, 2.45) is 0 Å². The van der Waals surface area contributed by atoms with Crippen LogP contribution in [0.3, 0.4) is 0 Å². The van der Waals surface area contributed by atoms with E-state index in [2.05, 4.69) is 5.32 Å². The average Bonchev–Trinajstić information content (AvgIpc) is 3.16. The molecule has 0 saturated carbocycles.